The molecule has 0 fully saturated rings. The number of benzene rings is 2. The maximum Gasteiger partial charge on any atom is 0.162 e. The quantitative estimate of drug-likeness (QED) is 0.660. The maximum absolute atomic E-state index is 13.7. The Morgan fingerprint density at radius 3 is 2.67 bits per heavy atom. The molecule has 1 nitrogen and oxygen atoms in total. The molecule has 0 aromatic heterocycles. The van der Waals surface area contributed by atoms with Gasteiger partial charge in [0.15, 0.2) is 11.6 Å². The van der Waals surface area contributed by atoms with Gasteiger partial charge < -0.3 is 4.74 Å². The summed E-state index contributed by atoms with van der Waals surface area (Å²) < 4.78 is 32.4. The van der Waals surface area contributed by atoms with Gasteiger partial charge in [0.25, 0.3) is 0 Å². The van der Waals surface area contributed by atoms with Crippen LogP contribution in [0, 0.1) is 11.6 Å². The molecule has 1 atom stereocenters. The van der Waals surface area contributed by atoms with Crippen LogP contribution in [0.1, 0.15) is 29.8 Å². The van der Waals surface area contributed by atoms with Gasteiger partial charge >= 0.3 is 0 Å². The summed E-state index contributed by atoms with van der Waals surface area (Å²) in [5.41, 5.74) is 1.10. The SMILES string of the molecule is CCCOc1cccc(C(Cl)Cc2cccc(F)c2F)c1. The lowest BCUT2D eigenvalue weighted by Gasteiger charge is -2.13. The highest BCUT2D eigenvalue weighted by molar-refractivity contribution is 6.20. The third-order valence-corrected chi connectivity index (χ3v) is 3.53. The monoisotopic (exact) mass is 310 g/mol. The number of rotatable bonds is 6. The molecule has 0 heterocycles. The Morgan fingerprint density at radius 1 is 1.14 bits per heavy atom. The van der Waals surface area contributed by atoms with Crippen molar-refractivity contribution >= 4 is 11.6 Å². The first-order valence-electron chi connectivity index (χ1n) is 6.91. The van der Waals surface area contributed by atoms with Crippen molar-refractivity contribution in [3.63, 3.8) is 0 Å². The van der Waals surface area contributed by atoms with Crippen LogP contribution in [0.15, 0.2) is 42.5 Å². The molecule has 0 N–H and O–H groups in total. The van der Waals surface area contributed by atoms with Crippen LogP contribution in [0.2, 0.25) is 0 Å². The summed E-state index contributed by atoms with van der Waals surface area (Å²) in [5.74, 6) is -0.947. The molecule has 0 aliphatic carbocycles. The zero-order valence-electron chi connectivity index (χ0n) is 11.8. The average molecular weight is 311 g/mol. The third-order valence-electron chi connectivity index (χ3n) is 3.12. The molecule has 2 rings (SSSR count). The van der Waals surface area contributed by atoms with Crippen LogP contribution in [-0.2, 0) is 6.42 Å². The normalized spacial score (nSPS) is 12.2. The van der Waals surface area contributed by atoms with Crippen molar-refractivity contribution in [1.82, 2.24) is 0 Å². The third kappa shape index (κ3) is 4.18. The van der Waals surface area contributed by atoms with Crippen LogP contribution < -0.4 is 4.74 Å². The highest BCUT2D eigenvalue weighted by Crippen LogP contribution is 2.29. The molecule has 1 unspecified atom stereocenters. The Balaban J connectivity index is 2.12. The largest absolute Gasteiger partial charge is 0.494 e. The summed E-state index contributed by atoms with van der Waals surface area (Å²) in [5, 5.41) is -0.438. The van der Waals surface area contributed by atoms with E-state index in [0.717, 1.165) is 23.8 Å². The number of alkyl halides is 1. The van der Waals surface area contributed by atoms with E-state index in [9.17, 15) is 8.78 Å². The van der Waals surface area contributed by atoms with E-state index in [1.807, 2.05) is 31.2 Å². The van der Waals surface area contributed by atoms with Crippen LogP contribution in [0.25, 0.3) is 0 Å². The Morgan fingerprint density at radius 2 is 1.90 bits per heavy atom. The van der Waals surface area contributed by atoms with Gasteiger partial charge in [-0.05, 0) is 42.2 Å². The molecule has 0 amide bonds. The lowest BCUT2D eigenvalue weighted by atomic mass is 10.0. The summed E-state index contributed by atoms with van der Waals surface area (Å²) in [6, 6.07) is 11.5. The van der Waals surface area contributed by atoms with E-state index in [1.165, 1.54) is 6.07 Å². The molecule has 0 saturated heterocycles. The van der Waals surface area contributed by atoms with Crippen LogP contribution in [0.3, 0.4) is 0 Å². The molecule has 0 aliphatic rings. The van der Waals surface area contributed by atoms with E-state index in [1.54, 1.807) is 6.07 Å². The summed E-state index contributed by atoms with van der Waals surface area (Å²) in [6.07, 6.45) is 1.14. The Labute approximate surface area is 128 Å². The van der Waals surface area contributed by atoms with Crippen molar-refractivity contribution in [3.8, 4) is 5.75 Å². The molecule has 21 heavy (non-hydrogen) atoms. The molecule has 0 bridgehead atoms. The summed E-state index contributed by atoms with van der Waals surface area (Å²) >= 11 is 6.33. The van der Waals surface area contributed by atoms with Crippen molar-refractivity contribution in [3.05, 3.63) is 65.2 Å². The zero-order chi connectivity index (χ0) is 15.2. The van der Waals surface area contributed by atoms with Crippen molar-refractivity contribution in [2.75, 3.05) is 6.61 Å². The molecule has 0 aliphatic heterocycles. The summed E-state index contributed by atoms with van der Waals surface area (Å²) in [7, 11) is 0. The minimum atomic E-state index is -0.851. The van der Waals surface area contributed by atoms with Crippen molar-refractivity contribution in [1.29, 1.82) is 0 Å². The second kappa shape index (κ2) is 7.41. The van der Waals surface area contributed by atoms with Crippen LogP contribution >= 0.6 is 11.6 Å². The van der Waals surface area contributed by atoms with E-state index in [0.29, 0.717) is 6.61 Å². The molecule has 112 valence electrons. The molecular weight excluding hydrogens is 294 g/mol. The number of hydrogen-bond acceptors (Lipinski definition) is 1. The van der Waals surface area contributed by atoms with Crippen LogP contribution in [-0.4, -0.2) is 6.61 Å². The fraction of sp³-hybridized carbons (Fsp3) is 0.294. The smallest absolute Gasteiger partial charge is 0.162 e. The Hall–Kier alpha value is -1.61. The predicted octanol–water partition coefficient (Wildman–Crippen LogP) is 5.28. The minimum Gasteiger partial charge on any atom is -0.494 e. The Bertz CT molecular complexity index is 601. The second-order valence-electron chi connectivity index (χ2n) is 4.81. The minimum absolute atomic E-state index is 0.225. The fourth-order valence-corrected chi connectivity index (χ4v) is 2.34. The van der Waals surface area contributed by atoms with Gasteiger partial charge in [0.1, 0.15) is 5.75 Å². The molecule has 2 aromatic carbocycles. The van der Waals surface area contributed by atoms with Crippen molar-refractivity contribution in [2.45, 2.75) is 25.1 Å². The van der Waals surface area contributed by atoms with Crippen molar-refractivity contribution in [2.24, 2.45) is 0 Å². The van der Waals surface area contributed by atoms with Gasteiger partial charge in [0.2, 0.25) is 0 Å². The van der Waals surface area contributed by atoms with E-state index in [-0.39, 0.29) is 12.0 Å². The lowest BCUT2D eigenvalue weighted by Crippen LogP contribution is -2.01. The predicted molar refractivity (Wildman–Crippen MR) is 80.9 cm³/mol. The number of halogens is 3. The van der Waals surface area contributed by atoms with Gasteiger partial charge in [-0.15, -0.1) is 11.6 Å². The van der Waals surface area contributed by atoms with Gasteiger partial charge in [0, 0.05) is 0 Å². The van der Waals surface area contributed by atoms with Gasteiger partial charge in [0.05, 0.1) is 12.0 Å². The molecule has 0 radical (unpaired) electrons. The topological polar surface area (TPSA) is 9.23 Å². The van der Waals surface area contributed by atoms with Crippen LogP contribution in [0.4, 0.5) is 8.78 Å². The molecule has 2 aromatic rings. The molecular formula is C17H17ClF2O. The van der Waals surface area contributed by atoms with E-state index in [2.05, 4.69) is 0 Å². The maximum atomic E-state index is 13.7. The standard InChI is InChI=1S/C17H17ClF2O/c1-2-9-21-14-7-3-5-12(10-14)15(18)11-13-6-4-8-16(19)17(13)20/h3-8,10,15H,2,9,11H2,1H3. The van der Waals surface area contributed by atoms with E-state index in [4.69, 9.17) is 16.3 Å². The number of hydrogen-bond donors (Lipinski definition) is 0. The van der Waals surface area contributed by atoms with Gasteiger partial charge in [-0.25, -0.2) is 8.78 Å². The zero-order valence-corrected chi connectivity index (χ0v) is 12.5. The summed E-state index contributed by atoms with van der Waals surface area (Å²) in [4.78, 5) is 0. The van der Waals surface area contributed by atoms with Crippen LogP contribution in [0.5, 0.6) is 5.75 Å². The van der Waals surface area contributed by atoms with Gasteiger partial charge in [-0.2, -0.15) is 0 Å². The summed E-state index contributed by atoms with van der Waals surface area (Å²) in [6.45, 7) is 2.66. The first-order valence-corrected chi connectivity index (χ1v) is 7.35. The highest BCUT2D eigenvalue weighted by Gasteiger charge is 2.14. The number of ether oxygens (including phenoxy) is 1. The Kier molecular flexibility index (Phi) is 5.57. The highest BCUT2D eigenvalue weighted by atomic mass is 35.5. The van der Waals surface area contributed by atoms with Crippen molar-refractivity contribution < 1.29 is 13.5 Å². The van der Waals surface area contributed by atoms with E-state index >= 15 is 0 Å². The molecule has 0 spiro atoms. The first-order chi connectivity index (χ1) is 10.1. The lowest BCUT2D eigenvalue weighted by molar-refractivity contribution is 0.317. The fourth-order valence-electron chi connectivity index (χ4n) is 2.04. The molecule has 0 saturated carbocycles. The average Bonchev–Trinajstić information content (AvgIpc) is 2.50. The molecule has 4 heteroatoms. The second-order valence-corrected chi connectivity index (χ2v) is 5.33. The van der Waals surface area contributed by atoms with Gasteiger partial charge in [-0.3, -0.25) is 0 Å². The van der Waals surface area contributed by atoms with E-state index < -0.39 is 17.0 Å². The van der Waals surface area contributed by atoms with Gasteiger partial charge in [-0.1, -0.05) is 31.2 Å². The first kappa shape index (κ1) is 15.8.